The molecule has 0 spiro atoms. The molecule has 26 heavy (non-hydrogen) atoms. The van der Waals surface area contributed by atoms with E-state index >= 15 is 0 Å². The monoisotopic (exact) mass is 409 g/mol. The lowest BCUT2D eigenvalue weighted by Gasteiger charge is -2.28. The summed E-state index contributed by atoms with van der Waals surface area (Å²) in [7, 11) is 0. The number of halogens is 1. The normalized spacial score (nSPS) is 32.4. The highest BCUT2D eigenvalue weighted by Gasteiger charge is 2.64. The van der Waals surface area contributed by atoms with Crippen LogP contribution in [0.3, 0.4) is 0 Å². The maximum Gasteiger partial charge on any atom is 0.237 e. The Morgan fingerprint density at radius 3 is 2.42 bits per heavy atom. The van der Waals surface area contributed by atoms with E-state index < -0.39 is 0 Å². The summed E-state index contributed by atoms with van der Waals surface area (Å²) >= 11 is 3.49. The Morgan fingerprint density at radius 1 is 0.962 bits per heavy atom. The zero-order valence-corrected chi connectivity index (χ0v) is 16.1. The van der Waals surface area contributed by atoms with Gasteiger partial charge in [-0.15, -0.1) is 0 Å². The molecule has 3 aliphatic rings. The molecule has 2 saturated carbocycles. The zero-order valence-electron chi connectivity index (χ0n) is 14.6. The summed E-state index contributed by atoms with van der Waals surface area (Å²) in [5, 5.41) is 0. The second kappa shape index (κ2) is 5.78. The molecule has 1 aliphatic heterocycles. The van der Waals surface area contributed by atoms with E-state index in [1.165, 1.54) is 10.5 Å². The van der Waals surface area contributed by atoms with Crippen molar-refractivity contribution in [3.8, 4) is 0 Å². The predicted octanol–water partition coefficient (Wildman–Crippen LogP) is 4.69. The molecule has 5 rings (SSSR count). The first kappa shape index (κ1) is 16.2. The van der Waals surface area contributed by atoms with Crippen LogP contribution in [0.2, 0.25) is 0 Å². The minimum Gasteiger partial charge on any atom is -0.274 e. The van der Waals surface area contributed by atoms with E-state index in [0.717, 1.165) is 22.9 Å². The minimum absolute atomic E-state index is 0.00912. The van der Waals surface area contributed by atoms with Crippen LogP contribution in [0.1, 0.15) is 29.9 Å². The second-order valence-corrected chi connectivity index (χ2v) is 8.76. The number of nitrogens with zero attached hydrogens (tertiary/aromatic N) is 1. The van der Waals surface area contributed by atoms with Crippen LogP contribution in [0.25, 0.3) is 0 Å². The third-order valence-corrected chi connectivity index (χ3v) is 7.53. The fraction of sp³-hybridized carbons (Fsp3) is 0.364. The molecule has 132 valence electrons. The van der Waals surface area contributed by atoms with Crippen LogP contribution >= 0.6 is 15.9 Å². The number of hydrogen-bond donors (Lipinski definition) is 0. The highest BCUT2D eigenvalue weighted by atomic mass is 79.9. The van der Waals surface area contributed by atoms with Crippen molar-refractivity contribution < 1.29 is 9.59 Å². The molecule has 2 aromatic rings. The Kier molecular flexibility index (Phi) is 3.61. The summed E-state index contributed by atoms with van der Waals surface area (Å²) in [6.07, 6.45) is 2.04. The Bertz CT molecular complexity index is 910. The average Bonchev–Trinajstić information content (AvgIpc) is 3.30. The number of aryl methyl sites for hydroxylation is 1. The number of anilines is 1. The molecule has 5 atom stereocenters. The summed E-state index contributed by atoms with van der Waals surface area (Å²) in [6.45, 7) is 1.98. The highest BCUT2D eigenvalue weighted by molar-refractivity contribution is 9.10. The fourth-order valence-electron chi connectivity index (χ4n) is 5.57. The Balaban J connectivity index is 1.50. The van der Waals surface area contributed by atoms with E-state index in [1.807, 2.05) is 31.2 Å². The van der Waals surface area contributed by atoms with Crippen LogP contribution in [0.5, 0.6) is 0 Å². The van der Waals surface area contributed by atoms with E-state index in [2.05, 4.69) is 40.2 Å². The number of imide groups is 1. The number of amides is 2. The lowest BCUT2D eigenvalue weighted by atomic mass is 9.73. The number of benzene rings is 2. The largest absolute Gasteiger partial charge is 0.274 e. The number of carbonyl (C=O) groups excluding carboxylic acids is 2. The third kappa shape index (κ3) is 2.18. The minimum atomic E-state index is -0.143. The van der Waals surface area contributed by atoms with Gasteiger partial charge >= 0.3 is 0 Å². The molecular formula is C22H20BrNO2. The summed E-state index contributed by atoms with van der Waals surface area (Å²) in [5.41, 5.74) is 3.06. The first-order chi connectivity index (χ1) is 12.6. The van der Waals surface area contributed by atoms with Crippen molar-refractivity contribution in [1.29, 1.82) is 0 Å². The SMILES string of the molecule is Cc1cc(N2C(=O)C3C4CC(c5ccccc5)C(C4)C3C2=O)ccc1Br. The van der Waals surface area contributed by atoms with Gasteiger partial charge in [0.25, 0.3) is 0 Å². The summed E-state index contributed by atoms with van der Waals surface area (Å²) in [6, 6.07) is 16.2. The van der Waals surface area contributed by atoms with Crippen LogP contribution in [0.4, 0.5) is 5.69 Å². The molecule has 0 aromatic heterocycles. The summed E-state index contributed by atoms with van der Waals surface area (Å²) < 4.78 is 0.991. The van der Waals surface area contributed by atoms with Crippen molar-refractivity contribution in [2.75, 3.05) is 4.90 Å². The van der Waals surface area contributed by atoms with Gasteiger partial charge in [-0.3, -0.25) is 14.5 Å². The Labute approximate surface area is 161 Å². The van der Waals surface area contributed by atoms with E-state index in [0.29, 0.717) is 23.4 Å². The van der Waals surface area contributed by atoms with Crippen LogP contribution in [0, 0.1) is 30.6 Å². The number of fused-ring (bicyclic) bond motifs is 5. The summed E-state index contributed by atoms with van der Waals surface area (Å²) in [5.74, 6) is 0.812. The third-order valence-electron chi connectivity index (χ3n) is 6.64. The van der Waals surface area contributed by atoms with Crippen LogP contribution in [0.15, 0.2) is 53.0 Å². The van der Waals surface area contributed by atoms with Crippen molar-refractivity contribution in [1.82, 2.24) is 0 Å². The lowest BCUT2D eigenvalue weighted by molar-refractivity contribution is -0.123. The molecule has 5 unspecified atom stereocenters. The first-order valence-corrected chi connectivity index (χ1v) is 10.0. The fourth-order valence-corrected chi connectivity index (χ4v) is 5.81. The summed E-state index contributed by atoms with van der Waals surface area (Å²) in [4.78, 5) is 27.8. The van der Waals surface area contributed by atoms with Gasteiger partial charge in [0.05, 0.1) is 17.5 Å². The van der Waals surface area contributed by atoms with Gasteiger partial charge in [0.15, 0.2) is 0 Å². The molecule has 3 nitrogen and oxygen atoms in total. The standard InChI is InChI=1S/C22H20BrNO2/c1-12-9-15(7-8-18(12)23)24-21(25)19-14-10-16(13-5-3-2-4-6-13)17(11-14)20(19)22(24)26/h2-9,14,16-17,19-20H,10-11H2,1H3. The average molecular weight is 410 g/mol. The van der Waals surface area contributed by atoms with Gasteiger partial charge in [-0.1, -0.05) is 46.3 Å². The number of carbonyl (C=O) groups is 2. The van der Waals surface area contributed by atoms with Gasteiger partial charge in [0.1, 0.15) is 0 Å². The van der Waals surface area contributed by atoms with E-state index in [-0.39, 0.29) is 23.7 Å². The molecule has 2 bridgehead atoms. The molecule has 1 saturated heterocycles. The molecule has 0 N–H and O–H groups in total. The van der Waals surface area contributed by atoms with Crippen molar-refractivity contribution in [2.24, 2.45) is 23.7 Å². The topological polar surface area (TPSA) is 37.4 Å². The predicted molar refractivity (Wildman–Crippen MR) is 104 cm³/mol. The Morgan fingerprint density at radius 2 is 1.69 bits per heavy atom. The highest BCUT2D eigenvalue weighted by Crippen LogP contribution is 2.61. The first-order valence-electron chi connectivity index (χ1n) is 9.25. The number of hydrogen-bond acceptors (Lipinski definition) is 2. The van der Waals surface area contributed by atoms with E-state index in [4.69, 9.17) is 0 Å². The van der Waals surface area contributed by atoms with Crippen molar-refractivity contribution >= 4 is 33.4 Å². The number of rotatable bonds is 2. The van der Waals surface area contributed by atoms with Crippen molar-refractivity contribution in [3.63, 3.8) is 0 Å². The maximum atomic E-state index is 13.3. The van der Waals surface area contributed by atoms with Gasteiger partial charge in [0.2, 0.25) is 11.8 Å². The molecule has 3 fully saturated rings. The van der Waals surface area contributed by atoms with Gasteiger partial charge in [0, 0.05) is 4.47 Å². The van der Waals surface area contributed by atoms with Crippen LogP contribution in [-0.2, 0) is 9.59 Å². The molecule has 2 amide bonds. The zero-order chi connectivity index (χ0) is 18.0. The molecule has 2 aliphatic carbocycles. The lowest BCUT2D eigenvalue weighted by Crippen LogP contribution is -2.33. The van der Waals surface area contributed by atoms with Crippen LogP contribution in [-0.4, -0.2) is 11.8 Å². The van der Waals surface area contributed by atoms with Gasteiger partial charge in [-0.05, 0) is 66.8 Å². The van der Waals surface area contributed by atoms with Crippen molar-refractivity contribution in [3.05, 3.63) is 64.1 Å². The molecule has 0 radical (unpaired) electrons. The van der Waals surface area contributed by atoms with Crippen molar-refractivity contribution in [2.45, 2.75) is 25.7 Å². The quantitative estimate of drug-likeness (QED) is 0.674. The molecule has 2 aromatic carbocycles. The van der Waals surface area contributed by atoms with Gasteiger partial charge in [-0.2, -0.15) is 0 Å². The van der Waals surface area contributed by atoms with Crippen LogP contribution < -0.4 is 4.90 Å². The molecule has 1 heterocycles. The second-order valence-electron chi connectivity index (χ2n) is 7.91. The Hall–Kier alpha value is -1.94. The molecular weight excluding hydrogens is 390 g/mol. The van der Waals surface area contributed by atoms with E-state index in [9.17, 15) is 9.59 Å². The molecule has 4 heteroatoms. The van der Waals surface area contributed by atoms with Gasteiger partial charge < -0.3 is 0 Å². The smallest absolute Gasteiger partial charge is 0.237 e. The van der Waals surface area contributed by atoms with Gasteiger partial charge in [-0.25, -0.2) is 0 Å². The maximum absolute atomic E-state index is 13.3. The van der Waals surface area contributed by atoms with E-state index in [1.54, 1.807) is 0 Å².